The Morgan fingerprint density at radius 3 is 2.38 bits per heavy atom. The van der Waals surface area contributed by atoms with E-state index in [9.17, 15) is 9.59 Å². The normalized spacial score (nSPS) is 15.0. The van der Waals surface area contributed by atoms with Gasteiger partial charge in [0.15, 0.2) is 5.13 Å². The predicted octanol–water partition coefficient (Wildman–Crippen LogP) is 3.01. The lowest BCUT2D eigenvalue weighted by Gasteiger charge is -2.31. The van der Waals surface area contributed by atoms with Gasteiger partial charge in [-0.15, -0.1) is 11.3 Å². The van der Waals surface area contributed by atoms with Crippen molar-refractivity contribution in [3.63, 3.8) is 0 Å². The van der Waals surface area contributed by atoms with E-state index in [0.717, 1.165) is 11.4 Å². The minimum Gasteiger partial charge on any atom is -0.378 e. The molecule has 7 heteroatoms. The van der Waals surface area contributed by atoms with Gasteiger partial charge in [0.25, 0.3) is 5.91 Å². The van der Waals surface area contributed by atoms with Crippen LogP contribution in [-0.2, 0) is 4.79 Å². The molecule has 1 fully saturated rings. The van der Waals surface area contributed by atoms with Crippen LogP contribution in [0.5, 0.6) is 0 Å². The van der Waals surface area contributed by atoms with Gasteiger partial charge in [-0.2, -0.15) is 0 Å². The standard InChI is InChI=1S/C19H24N4O2S/c1-13-12-26-19(20-13)21-17(24)14-8-10-23(11-9-14)18(25)15-4-6-16(7-5-15)22(2)3/h4-7,12,14H,8-11H2,1-3H3,(H,20,21,24). The van der Waals surface area contributed by atoms with Gasteiger partial charge >= 0.3 is 0 Å². The SMILES string of the molecule is Cc1csc(NC(=O)C2CCN(C(=O)c3ccc(N(C)C)cc3)CC2)n1. The lowest BCUT2D eigenvalue weighted by Crippen LogP contribution is -2.41. The number of nitrogens with zero attached hydrogens (tertiary/aromatic N) is 3. The number of aryl methyl sites for hydroxylation is 1. The Kier molecular flexibility index (Phi) is 5.56. The Labute approximate surface area is 157 Å². The summed E-state index contributed by atoms with van der Waals surface area (Å²) in [5.74, 6) is -0.0362. The quantitative estimate of drug-likeness (QED) is 0.896. The lowest BCUT2D eigenvalue weighted by molar-refractivity contribution is -0.121. The molecule has 1 aromatic heterocycles. The first kappa shape index (κ1) is 18.4. The number of aromatic nitrogens is 1. The van der Waals surface area contributed by atoms with Crippen LogP contribution in [0.15, 0.2) is 29.6 Å². The molecule has 0 radical (unpaired) electrons. The summed E-state index contributed by atoms with van der Waals surface area (Å²) >= 11 is 1.44. The third-order valence-electron chi connectivity index (χ3n) is 4.63. The maximum absolute atomic E-state index is 12.7. The molecule has 2 aromatic rings. The van der Waals surface area contributed by atoms with E-state index in [1.807, 2.05) is 60.5 Å². The van der Waals surface area contributed by atoms with Gasteiger partial charge in [0, 0.05) is 49.7 Å². The van der Waals surface area contributed by atoms with Crippen LogP contribution in [0.2, 0.25) is 0 Å². The molecule has 1 aliphatic heterocycles. The Morgan fingerprint density at radius 1 is 1.19 bits per heavy atom. The maximum Gasteiger partial charge on any atom is 0.253 e. The van der Waals surface area contributed by atoms with E-state index in [2.05, 4.69) is 10.3 Å². The second-order valence-corrected chi connectivity index (χ2v) is 7.65. The number of benzene rings is 1. The second-order valence-electron chi connectivity index (χ2n) is 6.79. The van der Waals surface area contributed by atoms with Crippen LogP contribution in [0, 0.1) is 12.8 Å². The average Bonchev–Trinajstić information content (AvgIpc) is 3.06. The van der Waals surface area contributed by atoms with Gasteiger partial charge < -0.3 is 15.1 Å². The highest BCUT2D eigenvalue weighted by atomic mass is 32.1. The van der Waals surface area contributed by atoms with Crippen molar-refractivity contribution in [1.82, 2.24) is 9.88 Å². The Hall–Kier alpha value is -2.41. The zero-order chi connectivity index (χ0) is 18.7. The average molecular weight is 372 g/mol. The molecule has 138 valence electrons. The van der Waals surface area contributed by atoms with Gasteiger partial charge in [-0.1, -0.05) is 0 Å². The van der Waals surface area contributed by atoms with Crippen molar-refractivity contribution in [2.24, 2.45) is 5.92 Å². The number of nitrogens with one attached hydrogen (secondary N) is 1. The van der Waals surface area contributed by atoms with Crippen molar-refractivity contribution in [2.45, 2.75) is 19.8 Å². The van der Waals surface area contributed by atoms with Crippen LogP contribution in [-0.4, -0.2) is 48.9 Å². The largest absolute Gasteiger partial charge is 0.378 e. The number of carbonyl (C=O) groups is 2. The smallest absolute Gasteiger partial charge is 0.253 e. The molecule has 2 amide bonds. The molecule has 2 heterocycles. The highest BCUT2D eigenvalue weighted by molar-refractivity contribution is 7.13. The highest BCUT2D eigenvalue weighted by Crippen LogP contribution is 2.23. The first-order valence-corrected chi connectivity index (χ1v) is 9.61. The number of thiazole rings is 1. The topological polar surface area (TPSA) is 65.5 Å². The van der Waals surface area contributed by atoms with Crippen LogP contribution < -0.4 is 10.2 Å². The number of rotatable bonds is 4. The van der Waals surface area contributed by atoms with Gasteiger partial charge in [0.1, 0.15) is 0 Å². The zero-order valence-corrected chi connectivity index (χ0v) is 16.2. The van der Waals surface area contributed by atoms with Gasteiger partial charge in [-0.25, -0.2) is 4.98 Å². The first-order valence-electron chi connectivity index (χ1n) is 8.73. The first-order chi connectivity index (χ1) is 12.4. The summed E-state index contributed by atoms with van der Waals surface area (Å²) in [5, 5.41) is 5.45. The fourth-order valence-electron chi connectivity index (χ4n) is 3.05. The van der Waals surface area contributed by atoms with E-state index in [1.165, 1.54) is 11.3 Å². The number of amides is 2. The predicted molar refractivity (Wildman–Crippen MR) is 105 cm³/mol. The van der Waals surface area contributed by atoms with E-state index in [0.29, 0.717) is 36.6 Å². The van der Waals surface area contributed by atoms with Crippen molar-refractivity contribution >= 4 is 34.0 Å². The van der Waals surface area contributed by atoms with Crippen LogP contribution in [0.4, 0.5) is 10.8 Å². The number of hydrogen-bond acceptors (Lipinski definition) is 5. The lowest BCUT2D eigenvalue weighted by atomic mass is 9.95. The van der Waals surface area contributed by atoms with E-state index >= 15 is 0 Å². The van der Waals surface area contributed by atoms with Crippen molar-refractivity contribution < 1.29 is 9.59 Å². The number of piperidine rings is 1. The van der Waals surface area contributed by atoms with Crippen molar-refractivity contribution in [3.8, 4) is 0 Å². The van der Waals surface area contributed by atoms with E-state index in [-0.39, 0.29) is 17.7 Å². The summed E-state index contributed by atoms with van der Waals surface area (Å²) in [6.45, 7) is 3.10. The molecule has 0 spiro atoms. The minimum atomic E-state index is -0.0700. The van der Waals surface area contributed by atoms with E-state index in [1.54, 1.807) is 0 Å². The Balaban J connectivity index is 1.54. The molecule has 26 heavy (non-hydrogen) atoms. The number of anilines is 2. The number of hydrogen-bond donors (Lipinski definition) is 1. The molecule has 3 rings (SSSR count). The third kappa shape index (κ3) is 4.22. The van der Waals surface area contributed by atoms with Crippen LogP contribution >= 0.6 is 11.3 Å². The molecule has 0 atom stereocenters. The monoisotopic (exact) mass is 372 g/mol. The zero-order valence-electron chi connectivity index (χ0n) is 15.4. The van der Waals surface area contributed by atoms with Gasteiger partial charge in [0.2, 0.25) is 5.91 Å². The molecule has 0 bridgehead atoms. The van der Waals surface area contributed by atoms with E-state index in [4.69, 9.17) is 0 Å². The van der Waals surface area contributed by atoms with Gasteiger partial charge in [0.05, 0.1) is 5.69 Å². The summed E-state index contributed by atoms with van der Waals surface area (Å²) in [7, 11) is 3.94. The fraction of sp³-hybridized carbons (Fsp3) is 0.421. The Morgan fingerprint density at radius 2 is 1.85 bits per heavy atom. The molecule has 1 aliphatic rings. The van der Waals surface area contributed by atoms with Crippen molar-refractivity contribution in [1.29, 1.82) is 0 Å². The van der Waals surface area contributed by atoms with Crippen LogP contribution in [0.3, 0.4) is 0 Å². The highest BCUT2D eigenvalue weighted by Gasteiger charge is 2.28. The summed E-state index contributed by atoms with van der Waals surface area (Å²) in [6.07, 6.45) is 1.36. The second kappa shape index (κ2) is 7.86. The van der Waals surface area contributed by atoms with Gasteiger partial charge in [-0.3, -0.25) is 9.59 Å². The molecular weight excluding hydrogens is 348 g/mol. The third-order valence-corrected chi connectivity index (χ3v) is 5.51. The summed E-state index contributed by atoms with van der Waals surface area (Å²) < 4.78 is 0. The number of carbonyl (C=O) groups excluding carboxylic acids is 2. The molecule has 1 N–H and O–H groups in total. The van der Waals surface area contributed by atoms with Gasteiger partial charge in [-0.05, 0) is 44.0 Å². The summed E-state index contributed by atoms with van der Waals surface area (Å²) in [6, 6.07) is 7.62. The van der Waals surface area contributed by atoms with Crippen LogP contribution in [0.25, 0.3) is 0 Å². The fourth-order valence-corrected chi connectivity index (χ4v) is 3.74. The van der Waals surface area contributed by atoms with Crippen molar-refractivity contribution in [2.75, 3.05) is 37.4 Å². The minimum absolute atomic E-state index is 0.00165. The maximum atomic E-state index is 12.7. The van der Waals surface area contributed by atoms with E-state index < -0.39 is 0 Å². The number of likely N-dealkylation sites (tertiary alicyclic amines) is 1. The van der Waals surface area contributed by atoms with Crippen molar-refractivity contribution in [3.05, 3.63) is 40.9 Å². The summed E-state index contributed by atoms with van der Waals surface area (Å²) in [4.78, 5) is 33.1. The Bertz CT molecular complexity index is 777. The molecule has 0 unspecified atom stereocenters. The summed E-state index contributed by atoms with van der Waals surface area (Å²) in [5.41, 5.74) is 2.66. The molecule has 0 aliphatic carbocycles. The molecular formula is C19H24N4O2S. The van der Waals surface area contributed by atoms with Crippen LogP contribution in [0.1, 0.15) is 28.9 Å². The molecule has 1 aromatic carbocycles. The molecule has 0 saturated carbocycles. The molecule has 1 saturated heterocycles. The molecule has 6 nitrogen and oxygen atoms in total.